The highest BCUT2D eigenvalue weighted by Gasteiger charge is 2.37. The van der Waals surface area contributed by atoms with E-state index in [9.17, 15) is 4.79 Å². The molecule has 4 rings (SSSR count). The first-order valence-corrected chi connectivity index (χ1v) is 8.97. The molecule has 27 heavy (non-hydrogen) atoms. The molecule has 2 aromatic heterocycles. The summed E-state index contributed by atoms with van der Waals surface area (Å²) in [6.45, 7) is 5.31. The van der Waals surface area contributed by atoms with Gasteiger partial charge in [-0.3, -0.25) is 4.98 Å². The van der Waals surface area contributed by atoms with E-state index in [1.54, 1.807) is 17.3 Å². The summed E-state index contributed by atoms with van der Waals surface area (Å²) in [6, 6.07) is 11.4. The van der Waals surface area contributed by atoms with Crippen LogP contribution in [0.5, 0.6) is 0 Å². The molecular formula is C20H21N5O2. The Hall–Kier alpha value is -3.22. The van der Waals surface area contributed by atoms with Gasteiger partial charge >= 0.3 is 6.03 Å². The Labute approximate surface area is 157 Å². The fraction of sp³-hybridized carbons (Fsp3) is 0.300. The smallest absolute Gasteiger partial charge is 0.321 e. The van der Waals surface area contributed by atoms with Crippen molar-refractivity contribution in [1.82, 2.24) is 20.0 Å². The molecule has 2 atom stereocenters. The number of carbonyl (C=O) groups excluding carboxylic acids is 1. The largest absolute Gasteiger partial charge is 0.339 e. The van der Waals surface area contributed by atoms with Crippen molar-refractivity contribution in [2.24, 2.45) is 5.92 Å². The minimum Gasteiger partial charge on any atom is -0.339 e. The van der Waals surface area contributed by atoms with Gasteiger partial charge in [0.1, 0.15) is 0 Å². The Kier molecular flexibility index (Phi) is 4.58. The van der Waals surface area contributed by atoms with Crippen LogP contribution in [0.3, 0.4) is 0 Å². The molecule has 0 bridgehead atoms. The molecule has 1 aromatic carbocycles. The summed E-state index contributed by atoms with van der Waals surface area (Å²) in [5, 5.41) is 7.01. The van der Waals surface area contributed by atoms with Crippen molar-refractivity contribution in [3.8, 4) is 11.4 Å². The number of amides is 2. The number of nitrogens with zero attached hydrogens (tertiary/aromatic N) is 4. The van der Waals surface area contributed by atoms with Gasteiger partial charge in [0.25, 0.3) is 0 Å². The van der Waals surface area contributed by atoms with E-state index in [-0.39, 0.29) is 17.9 Å². The predicted molar refractivity (Wildman–Crippen MR) is 101 cm³/mol. The van der Waals surface area contributed by atoms with Crippen molar-refractivity contribution in [1.29, 1.82) is 0 Å². The third kappa shape index (κ3) is 3.67. The summed E-state index contributed by atoms with van der Waals surface area (Å²) in [6.07, 6.45) is 3.40. The zero-order valence-electron chi connectivity index (χ0n) is 15.3. The number of anilines is 1. The lowest BCUT2D eigenvalue weighted by atomic mass is 9.98. The number of rotatable bonds is 3. The average molecular weight is 363 g/mol. The van der Waals surface area contributed by atoms with Crippen LogP contribution in [-0.2, 0) is 0 Å². The number of nitrogens with one attached hydrogen (secondary N) is 1. The first-order valence-electron chi connectivity index (χ1n) is 8.97. The quantitative estimate of drug-likeness (QED) is 0.767. The number of benzene rings is 1. The Morgan fingerprint density at radius 2 is 2.04 bits per heavy atom. The van der Waals surface area contributed by atoms with Crippen LogP contribution in [-0.4, -0.2) is 39.1 Å². The van der Waals surface area contributed by atoms with E-state index >= 15 is 0 Å². The maximum absolute atomic E-state index is 12.6. The highest BCUT2D eigenvalue weighted by Crippen LogP contribution is 2.32. The van der Waals surface area contributed by atoms with Crippen molar-refractivity contribution >= 4 is 11.7 Å². The zero-order valence-corrected chi connectivity index (χ0v) is 15.3. The number of likely N-dealkylation sites (tertiary alicyclic amines) is 1. The minimum absolute atomic E-state index is 0.0201. The molecule has 1 fully saturated rings. The van der Waals surface area contributed by atoms with E-state index < -0.39 is 0 Å². The molecule has 0 aliphatic carbocycles. The maximum Gasteiger partial charge on any atom is 0.321 e. The molecule has 7 heteroatoms. The lowest BCUT2D eigenvalue weighted by molar-refractivity contribution is 0.220. The minimum atomic E-state index is -0.111. The summed E-state index contributed by atoms with van der Waals surface area (Å²) in [5.74, 6) is 1.34. The van der Waals surface area contributed by atoms with Crippen molar-refractivity contribution in [2.75, 3.05) is 18.4 Å². The molecule has 1 aliphatic heterocycles. The number of aromatic nitrogens is 3. The Balaban J connectivity index is 1.44. The van der Waals surface area contributed by atoms with Crippen LogP contribution in [0.2, 0.25) is 0 Å². The van der Waals surface area contributed by atoms with Gasteiger partial charge in [0.05, 0.1) is 5.92 Å². The Bertz CT molecular complexity index is 923. The normalized spacial score (nSPS) is 19.3. The number of pyridine rings is 1. The van der Waals surface area contributed by atoms with Crippen molar-refractivity contribution in [3.05, 3.63) is 60.2 Å². The molecule has 1 aliphatic rings. The second-order valence-corrected chi connectivity index (χ2v) is 6.98. The van der Waals surface area contributed by atoms with Gasteiger partial charge in [-0.2, -0.15) is 4.98 Å². The van der Waals surface area contributed by atoms with Crippen molar-refractivity contribution in [3.63, 3.8) is 0 Å². The van der Waals surface area contributed by atoms with E-state index in [0.29, 0.717) is 24.8 Å². The highest BCUT2D eigenvalue weighted by atomic mass is 16.5. The van der Waals surface area contributed by atoms with Gasteiger partial charge in [-0.15, -0.1) is 0 Å². The van der Waals surface area contributed by atoms with E-state index in [1.165, 1.54) is 0 Å². The molecule has 3 aromatic rings. The van der Waals surface area contributed by atoms with Crippen molar-refractivity contribution < 1.29 is 9.32 Å². The lowest BCUT2D eigenvalue weighted by Gasteiger charge is -2.17. The summed E-state index contributed by atoms with van der Waals surface area (Å²) in [7, 11) is 0. The van der Waals surface area contributed by atoms with Gasteiger partial charge in [-0.1, -0.05) is 29.8 Å². The predicted octanol–water partition coefficient (Wildman–Crippen LogP) is 3.71. The monoisotopic (exact) mass is 363 g/mol. The van der Waals surface area contributed by atoms with Gasteiger partial charge in [-0.05, 0) is 37.1 Å². The highest BCUT2D eigenvalue weighted by molar-refractivity contribution is 5.89. The topological polar surface area (TPSA) is 84.2 Å². The van der Waals surface area contributed by atoms with Gasteiger partial charge < -0.3 is 14.7 Å². The number of carbonyl (C=O) groups is 1. The van der Waals surface area contributed by atoms with Crippen LogP contribution in [0.25, 0.3) is 11.4 Å². The van der Waals surface area contributed by atoms with Crippen LogP contribution >= 0.6 is 0 Å². The molecule has 0 radical (unpaired) electrons. The van der Waals surface area contributed by atoms with Crippen molar-refractivity contribution in [2.45, 2.75) is 19.8 Å². The molecule has 7 nitrogen and oxygen atoms in total. The first-order chi connectivity index (χ1) is 13.1. The number of urea groups is 1. The van der Waals surface area contributed by atoms with E-state index in [1.807, 2.05) is 43.3 Å². The zero-order chi connectivity index (χ0) is 18.8. The van der Waals surface area contributed by atoms with E-state index in [2.05, 4.69) is 27.4 Å². The molecule has 2 amide bonds. The second kappa shape index (κ2) is 7.19. The van der Waals surface area contributed by atoms with Gasteiger partial charge in [0.15, 0.2) is 0 Å². The number of hydrogen-bond acceptors (Lipinski definition) is 5. The summed E-state index contributed by atoms with van der Waals surface area (Å²) in [5.41, 5.74) is 2.76. The fourth-order valence-electron chi connectivity index (χ4n) is 3.29. The molecule has 3 heterocycles. The summed E-state index contributed by atoms with van der Waals surface area (Å²) < 4.78 is 5.49. The molecule has 138 valence electrons. The molecule has 0 unspecified atom stereocenters. The van der Waals surface area contributed by atoms with E-state index in [0.717, 1.165) is 16.8 Å². The van der Waals surface area contributed by atoms with Gasteiger partial charge in [-0.25, -0.2) is 4.79 Å². The third-order valence-electron chi connectivity index (χ3n) is 4.88. The van der Waals surface area contributed by atoms with Crippen LogP contribution in [0.1, 0.15) is 24.3 Å². The van der Waals surface area contributed by atoms with Crippen LogP contribution < -0.4 is 5.32 Å². The Morgan fingerprint density at radius 3 is 2.78 bits per heavy atom. The van der Waals surface area contributed by atoms with E-state index in [4.69, 9.17) is 4.52 Å². The standard InChI is InChI=1S/C20H21N5O2/c1-13-5-7-16(8-6-13)22-20(26)25-11-14(2)17(12-25)19-23-18(24-27-19)15-4-3-9-21-10-15/h3-10,14,17H,11-12H2,1-2H3,(H,22,26)/t14-,17-/m0/s1. The molecule has 1 N–H and O–H groups in total. The lowest BCUT2D eigenvalue weighted by Crippen LogP contribution is -2.33. The van der Waals surface area contributed by atoms with Gasteiger partial charge in [0.2, 0.25) is 11.7 Å². The number of hydrogen-bond donors (Lipinski definition) is 1. The van der Waals surface area contributed by atoms with Crippen LogP contribution in [0.15, 0.2) is 53.3 Å². The number of aryl methyl sites for hydroxylation is 1. The van der Waals surface area contributed by atoms with Crippen LogP contribution in [0.4, 0.5) is 10.5 Å². The SMILES string of the molecule is Cc1ccc(NC(=O)N2C[C@H](c3nc(-c4cccnc4)no3)[C@@H](C)C2)cc1. The molecule has 1 saturated heterocycles. The second-order valence-electron chi connectivity index (χ2n) is 6.98. The van der Waals surface area contributed by atoms with Crippen LogP contribution in [0, 0.1) is 12.8 Å². The average Bonchev–Trinajstić information content (AvgIpc) is 3.31. The molecular weight excluding hydrogens is 342 g/mol. The third-order valence-corrected chi connectivity index (χ3v) is 4.88. The maximum atomic E-state index is 12.6. The molecule has 0 saturated carbocycles. The summed E-state index contributed by atoms with van der Waals surface area (Å²) >= 11 is 0. The first kappa shape index (κ1) is 17.2. The fourth-order valence-corrected chi connectivity index (χ4v) is 3.29. The Morgan fingerprint density at radius 1 is 1.22 bits per heavy atom. The van der Waals surface area contributed by atoms with Gasteiger partial charge in [0, 0.05) is 36.7 Å². The summed E-state index contributed by atoms with van der Waals surface area (Å²) in [4.78, 5) is 23.0. The molecule has 0 spiro atoms.